The van der Waals surface area contributed by atoms with Crippen LogP contribution in [0.2, 0.25) is 5.02 Å². The predicted molar refractivity (Wildman–Crippen MR) is 117 cm³/mol. The molecule has 0 spiro atoms. The molecule has 2 amide bonds. The molecule has 1 unspecified atom stereocenters. The average molecular weight is 474 g/mol. The molecule has 1 saturated carbocycles. The normalized spacial score (nSPS) is 20.6. The van der Waals surface area contributed by atoms with E-state index in [0.717, 1.165) is 37.7 Å². The Bertz CT molecular complexity index is 787. The molecule has 0 aromatic heterocycles. The Morgan fingerprint density at radius 1 is 1.06 bits per heavy atom. The quantitative estimate of drug-likeness (QED) is 0.678. The number of halogens is 4. The number of carbonyl (C=O) groups excluding carboxylic acids is 2. The van der Waals surface area contributed by atoms with Gasteiger partial charge in [0.15, 0.2) is 0 Å². The van der Waals surface area contributed by atoms with E-state index in [2.05, 4.69) is 10.2 Å². The molecule has 1 aliphatic heterocycles. The summed E-state index contributed by atoms with van der Waals surface area (Å²) in [7, 11) is 0. The fourth-order valence-electron chi connectivity index (χ4n) is 4.93. The lowest BCUT2D eigenvalue weighted by Gasteiger charge is -2.50. The van der Waals surface area contributed by atoms with Crippen molar-refractivity contribution in [2.75, 3.05) is 32.7 Å². The van der Waals surface area contributed by atoms with Crippen molar-refractivity contribution in [2.45, 2.75) is 57.2 Å². The largest absolute Gasteiger partial charge is 0.471 e. The Labute approximate surface area is 192 Å². The summed E-state index contributed by atoms with van der Waals surface area (Å²) in [6.07, 6.45) is 0.177. The summed E-state index contributed by atoms with van der Waals surface area (Å²) >= 11 is 5.92. The molecule has 5 nitrogen and oxygen atoms in total. The summed E-state index contributed by atoms with van der Waals surface area (Å²) in [5, 5.41) is 2.78. The maximum atomic E-state index is 13.0. The summed E-state index contributed by atoms with van der Waals surface area (Å²) < 4.78 is 38.1. The maximum absolute atomic E-state index is 13.0. The van der Waals surface area contributed by atoms with E-state index in [0.29, 0.717) is 37.6 Å². The first-order valence-corrected chi connectivity index (χ1v) is 11.6. The molecule has 1 atom stereocenters. The number of nitrogens with one attached hydrogen (secondary N) is 1. The SMILES string of the molecule is CC(Cc1ccc(Cl)cc1)C(=O)N1CCN(C2(CNC(=O)C(F)(F)F)CCCCC2)CC1. The predicted octanol–water partition coefficient (Wildman–Crippen LogP) is 4.04. The van der Waals surface area contributed by atoms with Crippen molar-refractivity contribution in [1.29, 1.82) is 0 Å². The second kappa shape index (κ2) is 10.4. The number of rotatable bonds is 6. The summed E-state index contributed by atoms with van der Waals surface area (Å²) in [4.78, 5) is 28.4. The molecule has 1 aromatic carbocycles. The van der Waals surface area contributed by atoms with Crippen LogP contribution in [-0.2, 0) is 16.0 Å². The lowest BCUT2D eigenvalue weighted by Crippen LogP contribution is -2.63. The zero-order valence-electron chi connectivity index (χ0n) is 18.4. The first-order chi connectivity index (χ1) is 15.1. The number of nitrogens with zero attached hydrogens (tertiary/aromatic N) is 2. The van der Waals surface area contributed by atoms with Crippen LogP contribution in [0.5, 0.6) is 0 Å². The zero-order chi connectivity index (χ0) is 23.4. The summed E-state index contributed by atoms with van der Waals surface area (Å²) in [6, 6.07) is 7.47. The molecule has 1 N–H and O–H groups in total. The minimum Gasteiger partial charge on any atom is -0.346 e. The Hall–Kier alpha value is -1.80. The fourth-order valence-corrected chi connectivity index (χ4v) is 5.06. The Morgan fingerprint density at radius 3 is 2.22 bits per heavy atom. The van der Waals surface area contributed by atoms with Crippen molar-refractivity contribution in [3.8, 4) is 0 Å². The van der Waals surface area contributed by atoms with Gasteiger partial charge in [0, 0.05) is 49.2 Å². The highest BCUT2D eigenvalue weighted by Gasteiger charge is 2.44. The topological polar surface area (TPSA) is 52.7 Å². The monoisotopic (exact) mass is 473 g/mol. The molecule has 178 valence electrons. The molecule has 9 heteroatoms. The third kappa shape index (κ3) is 6.16. The summed E-state index contributed by atoms with van der Waals surface area (Å²) in [6.45, 7) is 4.19. The number of hydrogen-bond acceptors (Lipinski definition) is 3. The molecular weight excluding hydrogens is 443 g/mol. The van der Waals surface area contributed by atoms with Gasteiger partial charge in [0.1, 0.15) is 0 Å². The van der Waals surface area contributed by atoms with Crippen LogP contribution in [0, 0.1) is 5.92 Å². The van der Waals surface area contributed by atoms with Crippen LogP contribution >= 0.6 is 11.6 Å². The minimum absolute atomic E-state index is 0.00768. The van der Waals surface area contributed by atoms with Gasteiger partial charge in [0.25, 0.3) is 0 Å². The Morgan fingerprint density at radius 2 is 1.66 bits per heavy atom. The minimum atomic E-state index is -4.87. The van der Waals surface area contributed by atoms with Crippen molar-refractivity contribution in [3.63, 3.8) is 0 Å². The van der Waals surface area contributed by atoms with Gasteiger partial charge in [-0.25, -0.2) is 0 Å². The van der Waals surface area contributed by atoms with Crippen LogP contribution in [0.15, 0.2) is 24.3 Å². The van der Waals surface area contributed by atoms with E-state index in [1.165, 1.54) is 0 Å². The van der Waals surface area contributed by atoms with Crippen LogP contribution in [-0.4, -0.2) is 66.1 Å². The van der Waals surface area contributed by atoms with E-state index in [1.54, 1.807) is 0 Å². The van der Waals surface area contributed by atoms with E-state index in [-0.39, 0.29) is 18.4 Å². The molecule has 1 saturated heterocycles. The van der Waals surface area contributed by atoms with Crippen molar-refractivity contribution < 1.29 is 22.8 Å². The molecule has 1 aliphatic carbocycles. The average Bonchev–Trinajstić information content (AvgIpc) is 2.78. The van der Waals surface area contributed by atoms with Crippen LogP contribution in [0.3, 0.4) is 0 Å². The van der Waals surface area contributed by atoms with E-state index in [9.17, 15) is 22.8 Å². The summed E-state index contributed by atoms with van der Waals surface area (Å²) in [5.74, 6) is -1.97. The second-order valence-electron chi connectivity index (χ2n) is 9.01. The third-order valence-electron chi connectivity index (χ3n) is 6.76. The van der Waals surface area contributed by atoms with Gasteiger partial charge in [-0.1, -0.05) is 49.9 Å². The van der Waals surface area contributed by atoms with Crippen LogP contribution in [0.4, 0.5) is 13.2 Å². The van der Waals surface area contributed by atoms with E-state index in [4.69, 9.17) is 11.6 Å². The highest BCUT2D eigenvalue weighted by molar-refractivity contribution is 6.30. The second-order valence-corrected chi connectivity index (χ2v) is 9.45. The third-order valence-corrected chi connectivity index (χ3v) is 7.01. The molecule has 0 bridgehead atoms. The number of carbonyl (C=O) groups is 2. The van der Waals surface area contributed by atoms with Crippen molar-refractivity contribution >= 4 is 23.4 Å². The molecule has 3 rings (SSSR count). The number of piperazine rings is 1. The molecule has 1 aromatic rings. The van der Waals surface area contributed by atoms with Gasteiger partial charge in [-0.2, -0.15) is 13.2 Å². The molecule has 2 aliphatic rings. The standard InChI is InChI=1S/C23H31ClF3N3O2/c1-17(15-18-5-7-19(24)8-6-18)20(31)29-11-13-30(14-12-29)22(9-3-2-4-10-22)16-28-21(32)23(25,26)27/h5-8,17H,2-4,9-16H2,1H3,(H,28,32). The molecular formula is C23H31ClF3N3O2. The van der Waals surface area contributed by atoms with Gasteiger partial charge in [-0.15, -0.1) is 0 Å². The number of benzene rings is 1. The van der Waals surface area contributed by atoms with Crippen LogP contribution in [0.25, 0.3) is 0 Å². The fraction of sp³-hybridized carbons (Fsp3) is 0.652. The molecule has 32 heavy (non-hydrogen) atoms. The van der Waals surface area contributed by atoms with Gasteiger partial charge in [0.2, 0.25) is 5.91 Å². The first-order valence-electron chi connectivity index (χ1n) is 11.2. The molecule has 1 heterocycles. The Kier molecular flexibility index (Phi) is 8.09. The lowest BCUT2D eigenvalue weighted by atomic mass is 9.79. The van der Waals surface area contributed by atoms with Gasteiger partial charge < -0.3 is 10.2 Å². The van der Waals surface area contributed by atoms with Crippen LogP contribution < -0.4 is 5.32 Å². The highest BCUT2D eigenvalue weighted by atomic mass is 35.5. The van der Waals surface area contributed by atoms with Gasteiger partial charge in [-0.3, -0.25) is 14.5 Å². The van der Waals surface area contributed by atoms with Crippen LogP contribution in [0.1, 0.15) is 44.6 Å². The highest BCUT2D eigenvalue weighted by Crippen LogP contribution is 2.34. The lowest BCUT2D eigenvalue weighted by molar-refractivity contribution is -0.174. The summed E-state index contributed by atoms with van der Waals surface area (Å²) in [5.41, 5.74) is 0.582. The first kappa shape index (κ1) is 24.8. The van der Waals surface area contributed by atoms with Gasteiger partial charge >= 0.3 is 12.1 Å². The smallest absolute Gasteiger partial charge is 0.346 e. The van der Waals surface area contributed by atoms with E-state index >= 15 is 0 Å². The number of amides is 2. The number of hydrogen-bond donors (Lipinski definition) is 1. The Balaban J connectivity index is 1.57. The van der Waals surface area contributed by atoms with Crippen molar-refractivity contribution in [2.24, 2.45) is 5.92 Å². The van der Waals surface area contributed by atoms with Gasteiger partial charge in [0.05, 0.1) is 0 Å². The van der Waals surface area contributed by atoms with E-state index in [1.807, 2.05) is 36.1 Å². The maximum Gasteiger partial charge on any atom is 0.471 e. The van der Waals surface area contributed by atoms with Crippen molar-refractivity contribution in [1.82, 2.24) is 15.1 Å². The zero-order valence-corrected chi connectivity index (χ0v) is 19.1. The van der Waals surface area contributed by atoms with Crippen molar-refractivity contribution in [3.05, 3.63) is 34.9 Å². The molecule has 0 radical (unpaired) electrons. The number of alkyl halides is 3. The van der Waals surface area contributed by atoms with E-state index < -0.39 is 17.6 Å². The van der Waals surface area contributed by atoms with Gasteiger partial charge in [-0.05, 0) is 37.0 Å². The molecule has 2 fully saturated rings.